The lowest BCUT2D eigenvalue weighted by atomic mass is 9.75. The number of nitrogens with zero attached hydrogens (tertiary/aromatic N) is 1. The average Bonchev–Trinajstić information content (AvgIpc) is 2.29. The third-order valence-corrected chi connectivity index (χ3v) is 3.36. The number of benzene rings is 1. The van der Waals surface area contributed by atoms with Crippen LogP contribution in [0.15, 0.2) is 23.4 Å². The fourth-order valence-corrected chi connectivity index (χ4v) is 2.39. The van der Waals surface area contributed by atoms with Crippen LogP contribution < -0.4 is 0 Å². The monoisotopic (exact) mass is 259 g/mol. The Bertz CT molecular complexity index is 511. The van der Waals surface area contributed by atoms with E-state index in [-0.39, 0.29) is 12.0 Å². The van der Waals surface area contributed by atoms with Gasteiger partial charge in [0.2, 0.25) is 5.60 Å². The first kappa shape index (κ1) is 12.9. The maximum absolute atomic E-state index is 13.1. The van der Waals surface area contributed by atoms with Gasteiger partial charge in [0.25, 0.3) is 0 Å². The number of fused-ring (bicyclic) bond motifs is 1. The standard InChI is InChI=1S/C12H12F3NO2/c1-7-3-2-4-9-8(7)5-6-10(16-18)11(9,17)12(13,14)15/h2-4,17-18H,5-6H2,1H3/b16-10+. The quantitative estimate of drug-likeness (QED) is 0.555. The largest absolute Gasteiger partial charge is 0.427 e. The van der Waals surface area contributed by atoms with Gasteiger partial charge in [-0.15, -0.1) is 0 Å². The van der Waals surface area contributed by atoms with Crippen LogP contribution in [0.2, 0.25) is 0 Å². The molecule has 3 nitrogen and oxygen atoms in total. The Morgan fingerprint density at radius 2 is 1.94 bits per heavy atom. The van der Waals surface area contributed by atoms with Crippen molar-refractivity contribution in [1.82, 2.24) is 0 Å². The summed E-state index contributed by atoms with van der Waals surface area (Å²) in [6.45, 7) is 1.69. The second-order valence-electron chi connectivity index (χ2n) is 4.36. The molecule has 18 heavy (non-hydrogen) atoms. The SMILES string of the molecule is Cc1cccc2c1CC/C(=N\O)C2(O)C(F)(F)F. The van der Waals surface area contributed by atoms with E-state index in [1.54, 1.807) is 13.0 Å². The van der Waals surface area contributed by atoms with Gasteiger partial charge in [0.1, 0.15) is 5.71 Å². The minimum absolute atomic E-state index is 0.121. The van der Waals surface area contributed by atoms with Crippen molar-refractivity contribution in [3.8, 4) is 0 Å². The van der Waals surface area contributed by atoms with Crippen LogP contribution in [-0.2, 0) is 12.0 Å². The summed E-state index contributed by atoms with van der Waals surface area (Å²) in [5.41, 5.74) is -2.94. The molecule has 0 amide bonds. The number of aliphatic hydroxyl groups is 1. The Kier molecular flexibility index (Phi) is 2.85. The third-order valence-electron chi connectivity index (χ3n) is 3.36. The summed E-state index contributed by atoms with van der Waals surface area (Å²) >= 11 is 0. The van der Waals surface area contributed by atoms with Crippen molar-refractivity contribution in [2.45, 2.75) is 31.5 Å². The molecule has 0 aromatic heterocycles. The molecule has 1 aromatic carbocycles. The lowest BCUT2D eigenvalue weighted by molar-refractivity contribution is -0.237. The van der Waals surface area contributed by atoms with Crippen LogP contribution in [0.5, 0.6) is 0 Å². The van der Waals surface area contributed by atoms with Gasteiger partial charge < -0.3 is 10.3 Å². The molecular formula is C12H12F3NO2. The Labute approximate surface area is 102 Å². The Balaban J connectivity index is 2.74. The molecule has 0 bridgehead atoms. The Morgan fingerprint density at radius 3 is 2.50 bits per heavy atom. The maximum Gasteiger partial charge on any atom is 0.427 e. The second-order valence-corrected chi connectivity index (χ2v) is 4.36. The molecule has 0 saturated carbocycles. The van der Waals surface area contributed by atoms with Gasteiger partial charge in [0, 0.05) is 5.56 Å². The minimum atomic E-state index is -4.92. The molecule has 0 aliphatic heterocycles. The van der Waals surface area contributed by atoms with Gasteiger partial charge in [0.05, 0.1) is 0 Å². The highest BCUT2D eigenvalue weighted by molar-refractivity contribution is 5.95. The molecule has 1 atom stereocenters. The van der Waals surface area contributed by atoms with Crippen LogP contribution in [0.25, 0.3) is 0 Å². The van der Waals surface area contributed by atoms with Crippen LogP contribution in [-0.4, -0.2) is 22.2 Å². The van der Waals surface area contributed by atoms with E-state index in [9.17, 15) is 18.3 Å². The molecule has 2 N–H and O–H groups in total. The van der Waals surface area contributed by atoms with Crippen molar-refractivity contribution >= 4 is 5.71 Å². The molecule has 0 fully saturated rings. The van der Waals surface area contributed by atoms with Gasteiger partial charge >= 0.3 is 6.18 Å². The van der Waals surface area contributed by atoms with Gasteiger partial charge in [-0.1, -0.05) is 23.4 Å². The summed E-state index contributed by atoms with van der Waals surface area (Å²) in [7, 11) is 0. The van der Waals surface area contributed by atoms with Crippen molar-refractivity contribution in [2.75, 3.05) is 0 Å². The van der Waals surface area contributed by atoms with E-state index in [1.807, 2.05) is 0 Å². The topological polar surface area (TPSA) is 52.8 Å². The first-order chi connectivity index (χ1) is 8.32. The van der Waals surface area contributed by atoms with Crippen LogP contribution in [0.3, 0.4) is 0 Å². The number of aryl methyl sites for hydroxylation is 1. The van der Waals surface area contributed by atoms with Gasteiger partial charge in [-0.05, 0) is 30.9 Å². The molecule has 1 aliphatic rings. The maximum atomic E-state index is 13.1. The number of halogens is 3. The molecule has 0 spiro atoms. The van der Waals surface area contributed by atoms with E-state index in [2.05, 4.69) is 5.16 Å². The van der Waals surface area contributed by atoms with E-state index in [0.29, 0.717) is 17.5 Å². The van der Waals surface area contributed by atoms with Crippen molar-refractivity contribution < 1.29 is 23.5 Å². The molecule has 0 radical (unpaired) electrons. The Hall–Kier alpha value is -1.56. The summed E-state index contributed by atoms with van der Waals surface area (Å²) in [4.78, 5) is 0. The minimum Gasteiger partial charge on any atom is -0.411 e. The summed E-state index contributed by atoms with van der Waals surface area (Å²) in [5.74, 6) is 0. The molecular weight excluding hydrogens is 247 g/mol. The van der Waals surface area contributed by atoms with Crippen LogP contribution >= 0.6 is 0 Å². The molecule has 1 aromatic rings. The van der Waals surface area contributed by atoms with Crippen molar-refractivity contribution in [1.29, 1.82) is 0 Å². The van der Waals surface area contributed by atoms with Gasteiger partial charge in [-0.3, -0.25) is 0 Å². The van der Waals surface area contributed by atoms with Crippen molar-refractivity contribution in [3.63, 3.8) is 0 Å². The lowest BCUT2D eigenvalue weighted by Gasteiger charge is -2.36. The molecule has 1 unspecified atom stereocenters. The number of alkyl halides is 3. The smallest absolute Gasteiger partial charge is 0.411 e. The average molecular weight is 259 g/mol. The van der Waals surface area contributed by atoms with Crippen LogP contribution in [0.4, 0.5) is 13.2 Å². The summed E-state index contributed by atoms with van der Waals surface area (Å²) in [6.07, 6.45) is -4.72. The van der Waals surface area contributed by atoms with E-state index >= 15 is 0 Å². The molecule has 6 heteroatoms. The highest BCUT2D eigenvalue weighted by Gasteiger charge is 2.60. The lowest BCUT2D eigenvalue weighted by Crippen LogP contribution is -2.52. The number of hydrogen-bond donors (Lipinski definition) is 2. The van der Waals surface area contributed by atoms with Crippen LogP contribution in [0, 0.1) is 6.92 Å². The predicted octanol–water partition coefficient (Wildman–Crippen LogP) is 2.52. The van der Waals surface area contributed by atoms with Gasteiger partial charge in [0.15, 0.2) is 0 Å². The fraction of sp³-hybridized carbons (Fsp3) is 0.417. The zero-order chi connectivity index (χ0) is 13.6. The zero-order valence-corrected chi connectivity index (χ0v) is 9.62. The molecule has 98 valence electrons. The van der Waals surface area contributed by atoms with E-state index in [4.69, 9.17) is 5.21 Å². The number of hydrogen-bond acceptors (Lipinski definition) is 3. The molecule has 1 aliphatic carbocycles. The van der Waals surface area contributed by atoms with Crippen molar-refractivity contribution in [2.24, 2.45) is 5.16 Å². The highest BCUT2D eigenvalue weighted by atomic mass is 19.4. The van der Waals surface area contributed by atoms with E-state index in [0.717, 1.165) is 0 Å². The zero-order valence-electron chi connectivity index (χ0n) is 9.62. The van der Waals surface area contributed by atoms with Gasteiger partial charge in [-0.2, -0.15) is 13.2 Å². The highest BCUT2D eigenvalue weighted by Crippen LogP contribution is 2.45. The molecule has 0 saturated heterocycles. The first-order valence-corrected chi connectivity index (χ1v) is 5.42. The van der Waals surface area contributed by atoms with E-state index in [1.165, 1.54) is 12.1 Å². The van der Waals surface area contributed by atoms with Crippen molar-refractivity contribution in [3.05, 3.63) is 34.9 Å². The fourth-order valence-electron chi connectivity index (χ4n) is 2.39. The molecule has 2 rings (SSSR count). The normalized spacial score (nSPS) is 26.2. The summed E-state index contributed by atoms with van der Waals surface area (Å²) < 4.78 is 39.4. The summed E-state index contributed by atoms with van der Waals surface area (Å²) in [6, 6.07) is 4.36. The first-order valence-electron chi connectivity index (χ1n) is 5.42. The third kappa shape index (κ3) is 1.59. The van der Waals surface area contributed by atoms with Crippen LogP contribution in [0.1, 0.15) is 23.1 Å². The number of rotatable bonds is 0. The predicted molar refractivity (Wildman–Crippen MR) is 58.7 cm³/mol. The summed E-state index contributed by atoms with van der Waals surface area (Å²) in [5, 5.41) is 21.4. The number of oxime groups is 1. The van der Waals surface area contributed by atoms with Gasteiger partial charge in [-0.25, -0.2) is 0 Å². The Morgan fingerprint density at radius 1 is 1.28 bits per heavy atom. The second kappa shape index (κ2) is 3.98. The van der Waals surface area contributed by atoms with E-state index < -0.39 is 17.5 Å². The molecule has 0 heterocycles.